The van der Waals surface area contributed by atoms with Gasteiger partial charge in [-0.3, -0.25) is 9.59 Å². The summed E-state index contributed by atoms with van der Waals surface area (Å²) in [7, 11) is 0. The molecule has 0 aliphatic heterocycles. The number of carbonyl (C=O) groups is 2. The first-order chi connectivity index (χ1) is 14.7. The van der Waals surface area contributed by atoms with Crippen LogP contribution >= 0.6 is 0 Å². The first-order valence-corrected chi connectivity index (χ1v) is 9.32. The molecule has 30 heavy (non-hydrogen) atoms. The Morgan fingerprint density at radius 1 is 0.867 bits per heavy atom. The summed E-state index contributed by atoms with van der Waals surface area (Å²) < 4.78 is 5.81. The first-order valence-electron chi connectivity index (χ1n) is 9.32. The summed E-state index contributed by atoms with van der Waals surface area (Å²) in [5.41, 5.74) is 8.78. The minimum atomic E-state index is -0.252. The van der Waals surface area contributed by atoms with Crippen LogP contribution in [0.3, 0.4) is 0 Å². The number of nitrogens with one attached hydrogen (secondary N) is 2. The van der Waals surface area contributed by atoms with Gasteiger partial charge in [-0.15, -0.1) is 0 Å². The molecule has 148 valence electrons. The van der Waals surface area contributed by atoms with Crippen molar-refractivity contribution in [2.24, 2.45) is 0 Å². The fourth-order valence-corrected chi connectivity index (χ4v) is 3.17. The Kier molecular flexibility index (Phi) is 5.30. The number of nitrogens with two attached hydrogens (primary N) is 1. The topological polar surface area (TPSA) is 97.2 Å². The van der Waals surface area contributed by atoms with Crippen LogP contribution < -0.4 is 15.8 Å². The number of aromatic amines is 1. The fourth-order valence-electron chi connectivity index (χ4n) is 3.17. The van der Waals surface area contributed by atoms with Crippen molar-refractivity contribution in [2.75, 3.05) is 11.1 Å². The Bertz CT molecular complexity index is 1170. The monoisotopic (exact) mass is 397 g/mol. The lowest BCUT2D eigenvalue weighted by Gasteiger charge is -2.07. The van der Waals surface area contributed by atoms with Crippen LogP contribution in [0.15, 0.2) is 84.9 Å². The van der Waals surface area contributed by atoms with Crippen molar-refractivity contribution in [1.82, 2.24) is 4.98 Å². The maximum Gasteiger partial charge on any atom is 0.211 e. The average molecular weight is 397 g/mol. The van der Waals surface area contributed by atoms with Crippen molar-refractivity contribution in [3.63, 3.8) is 0 Å². The lowest BCUT2D eigenvalue weighted by molar-refractivity contribution is -0.105. The van der Waals surface area contributed by atoms with E-state index in [2.05, 4.69) is 10.3 Å². The number of aromatic nitrogens is 1. The van der Waals surface area contributed by atoms with Crippen LogP contribution in [-0.2, 0) is 4.79 Å². The van der Waals surface area contributed by atoms with Gasteiger partial charge in [-0.2, -0.15) is 0 Å². The SMILES string of the molecule is Nc1c(C(=O)c2ccccc2)[nH]c(-c2ccc(Oc3ccccc3)cc2)c1NC=O. The zero-order chi connectivity index (χ0) is 20.9. The van der Waals surface area contributed by atoms with Gasteiger partial charge in [0.15, 0.2) is 0 Å². The highest BCUT2D eigenvalue weighted by Crippen LogP contribution is 2.37. The predicted molar refractivity (Wildman–Crippen MR) is 117 cm³/mol. The number of anilines is 2. The van der Waals surface area contributed by atoms with Gasteiger partial charge < -0.3 is 20.8 Å². The van der Waals surface area contributed by atoms with Crippen LogP contribution in [0.1, 0.15) is 16.1 Å². The number of para-hydroxylation sites is 1. The number of nitrogen functional groups attached to an aromatic ring is 1. The molecule has 0 radical (unpaired) electrons. The summed E-state index contributed by atoms with van der Waals surface area (Å²) in [5.74, 6) is 1.14. The molecule has 4 aromatic rings. The van der Waals surface area contributed by atoms with Crippen molar-refractivity contribution < 1.29 is 14.3 Å². The van der Waals surface area contributed by atoms with Gasteiger partial charge in [0.1, 0.15) is 17.2 Å². The van der Waals surface area contributed by atoms with Crippen LogP contribution in [0, 0.1) is 0 Å². The van der Waals surface area contributed by atoms with E-state index in [1.165, 1.54) is 0 Å². The van der Waals surface area contributed by atoms with E-state index < -0.39 is 0 Å². The largest absolute Gasteiger partial charge is 0.457 e. The molecule has 1 aromatic heterocycles. The summed E-state index contributed by atoms with van der Waals surface area (Å²) in [6.45, 7) is 0. The second-order valence-corrected chi connectivity index (χ2v) is 6.56. The number of carbonyl (C=O) groups excluding carboxylic acids is 2. The summed E-state index contributed by atoms with van der Waals surface area (Å²) in [6.07, 6.45) is 0.534. The lowest BCUT2D eigenvalue weighted by Crippen LogP contribution is -2.05. The fraction of sp³-hybridized carbons (Fsp3) is 0. The highest BCUT2D eigenvalue weighted by Gasteiger charge is 2.22. The van der Waals surface area contributed by atoms with Crippen molar-refractivity contribution in [3.8, 4) is 22.8 Å². The Morgan fingerprint density at radius 2 is 1.47 bits per heavy atom. The van der Waals surface area contributed by atoms with Crippen molar-refractivity contribution in [3.05, 3.63) is 96.2 Å². The van der Waals surface area contributed by atoms with Crippen LogP contribution in [0.25, 0.3) is 11.3 Å². The molecule has 4 N–H and O–H groups in total. The van der Waals surface area contributed by atoms with Crippen LogP contribution in [-0.4, -0.2) is 17.2 Å². The zero-order valence-electron chi connectivity index (χ0n) is 16.0. The van der Waals surface area contributed by atoms with E-state index in [0.717, 1.165) is 11.3 Å². The zero-order valence-corrected chi connectivity index (χ0v) is 16.0. The standard InChI is InChI=1S/C24H19N3O3/c25-20-22(26-15-28)21(27-23(20)24(29)17-7-3-1-4-8-17)16-11-13-19(14-12-16)30-18-9-5-2-6-10-18/h1-15,27H,25H2,(H,26,28). The number of ketones is 1. The number of benzene rings is 3. The Labute approximate surface area is 173 Å². The van der Waals surface area contributed by atoms with Gasteiger partial charge in [-0.25, -0.2) is 0 Å². The number of H-pyrrole nitrogens is 1. The summed E-state index contributed by atoms with van der Waals surface area (Å²) in [5, 5.41) is 2.60. The van der Waals surface area contributed by atoms with E-state index in [9.17, 15) is 9.59 Å². The van der Waals surface area contributed by atoms with Crippen LogP contribution in [0.5, 0.6) is 11.5 Å². The Balaban J connectivity index is 1.68. The number of hydrogen-bond donors (Lipinski definition) is 3. The highest BCUT2D eigenvalue weighted by atomic mass is 16.5. The molecule has 1 amide bonds. The van der Waals surface area contributed by atoms with Crippen molar-refractivity contribution in [2.45, 2.75) is 0 Å². The molecule has 0 fully saturated rings. The maximum atomic E-state index is 12.9. The summed E-state index contributed by atoms with van der Waals surface area (Å²) in [6, 6.07) is 25.5. The summed E-state index contributed by atoms with van der Waals surface area (Å²) in [4.78, 5) is 27.1. The molecule has 6 nitrogen and oxygen atoms in total. The molecular weight excluding hydrogens is 378 g/mol. The number of rotatable bonds is 7. The number of amides is 1. The van der Waals surface area contributed by atoms with Gasteiger partial charge in [-0.1, -0.05) is 48.5 Å². The molecule has 0 atom stereocenters. The molecule has 1 heterocycles. The van der Waals surface area contributed by atoms with E-state index in [-0.39, 0.29) is 17.2 Å². The molecule has 4 rings (SSSR count). The van der Waals surface area contributed by atoms with Gasteiger partial charge in [0.05, 0.1) is 17.1 Å². The van der Waals surface area contributed by atoms with Crippen molar-refractivity contribution >= 4 is 23.6 Å². The first kappa shape index (κ1) is 19.0. The highest BCUT2D eigenvalue weighted by molar-refractivity contribution is 6.14. The molecule has 0 bridgehead atoms. The third-order valence-electron chi connectivity index (χ3n) is 4.63. The number of hydrogen-bond acceptors (Lipinski definition) is 4. The minimum absolute atomic E-state index is 0.190. The minimum Gasteiger partial charge on any atom is -0.457 e. The van der Waals surface area contributed by atoms with Crippen molar-refractivity contribution in [1.29, 1.82) is 0 Å². The summed E-state index contributed by atoms with van der Waals surface area (Å²) >= 11 is 0. The Hall–Kier alpha value is -4.32. The quantitative estimate of drug-likeness (QED) is 0.307. The maximum absolute atomic E-state index is 12.9. The van der Waals surface area contributed by atoms with E-state index in [4.69, 9.17) is 10.5 Å². The lowest BCUT2D eigenvalue weighted by atomic mass is 10.1. The third kappa shape index (κ3) is 3.79. The molecule has 0 aliphatic carbocycles. The van der Waals surface area contributed by atoms with Gasteiger partial charge in [0.2, 0.25) is 12.2 Å². The van der Waals surface area contributed by atoms with Gasteiger partial charge in [0.25, 0.3) is 0 Å². The van der Waals surface area contributed by atoms with E-state index in [1.807, 2.05) is 60.7 Å². The van der Waals surface area contributed by atoms with Crippen LogP contribution in [0.4, 0.5) is 11.4 Å². The second kappa shape index (κ2) is 8.36. The molecule has 0 saturated heterocycles. The van der Waals surface area contributed by atoms with Crippen LogP contribution in [0.2, 0.25) is 0 Å². The Morgan fingerprint density at radius 3 is 2.10 bits per heavy atom. The van der Waals surface area contributed by atoms with E-state index in [0.29, 0.717) is 29.1 Å². The van der Waals surface area contributed by atoms with Gasteiger partial charge in [-0.05, 0) is 36.4 Å². The second-order valence-electron chi connectivity index (χ2n) is 6.56. The molecule has 3 aromatic carbocycles. The molecule has 0 aliphatic rings. The normalized spacial score (nSPS) is 10.4. The number of ether oxygens (including phenoxy) is 1. The predicted octanol–water partition coefficient (Wildman–Crippen LogP) is 4.86. The van der Waals surface area contributed by atoms with Gasteiger partial charge in [0, 0.05) is 11.1 Å². The molecule has 0 spiro atoms. The average Bonchev–Trinajstić information content (AvgIpc) is 3.11. The van der Waals surface area contributed by atoms with Gasteiger partial charge >= 0.3 is 0 Å². The van der Waals surface area contributed by atoms with E-state index in [1.54, 1.807) is 24.3 Å². The molecule has 0 unspecified atom stereocenters. The molecule has 6 heteroatoms. The molecule has 0 saturated carbocycles. The third-order valence-corrected chi connectivity index (χ3v) is 4.63. The molecular formula is C24H19N3O3. The smallest absolute Gasteiger partial charge is 0.211 e. The van der Waals surface area contributed by atoms with E-state index >= 15 is 0 Å².